The number of aryl methyl sites for hydroxylation is 1. The predicted molar refractivity (Wildman–Crippen MR) is 71.8 cm³/mol. The summed E-state index contributed by atoms with van der Waals surface area (Å²) in [6.45, 7) is 4.45. The lowest BCUT2D eigenvalue weighted by Crippen LogP contribution is -2.36. The maximum absolute atomic E-state index is 6.00. The minimum atomic E-state index is 0.735. The number of aromatic nitrogens is 2. The van der Waals surface area contributed by atoms with Crippen LogP contribution in [0.2, 0.25) is 5.02 Å². The third kappa shape index (κ3) is 2.23. The summed E-state index contributed by atoms with van der Waals surface area (Å²) in [5.41, 5.74) is 2.09. The normalized spacial score (nSPS) is 17.4. The van der Waals surface area contributed by atoms with Crippen LogP contribution in [0.15, 0.2) is 18.2 Å². The van der Waals surface area contributed by atoms with Crippen LogP contribution in [-0.4, -0.2) is 40.8 Å². The molecule has 96 valence electrons. The molecule has 0 N–H and O–H groups in total. The Balaban J connectivity index is 1.89. The predicted octanol–water partition coefficient (Wildman–Crippen LogP) is 2.06. The Morgan fingerprint density at radius 2 is 2.11 bits per heavy atom. The summed E-state index contributed by atoms with van der Waals surface area (Å²) in [6.07, 6.45) is 0. The molecule has 18 heavy (non-hydrogen) atoms. The van der Waals surface area contributed by atoms with Gasteiger partial charge in [-0.25, -0.2) is 4.98 Å². The summed E-state index contributed by atoms with van der Waals surface area (Å²) in [6, 6.07) is 5.84. The van der Waals surface area contributed by atoms with E-state index in [0.29, 0.717) is 0 Å². The van der Waals surface area contributed by atoms with Crippen molar-refractivity contribution >= 4 is 22.6 Å². The molecule has 0 atom stereocenters. The Morgan fingerprint density at radius 1 is 1.33 bits per heavy atom. The van der Waals surface area contributed by atoms with Crippen molar-refractivity contribution in [2.45, 2.75) is 6.54 Å². The molecule has 0 radical (unpaired) electrons. The van der Waals surface area contributed by atoms with Gasteiger partial charge in [-0.1, -0.05) is 11.6 Å². The van der Waals surface area contributed by atoms with E-state index in [1.54, 1.807) is 0 Å². The van der Waals surface area contributed by atoms with Crippen molar-refractivity contribution in [3.05, 3.63) is 29.0 Å². The van der Waals surface area contributed by atoms with E-state index in [2.05, 4.69) is 21.5 Å². The highest BCUT2D eigenvalue weighted by atomic mass is 35.5. The van der Waals surface area contributed by atoms with E-state index in [9.17, 15) is 0 Å². The number of ether oxygens (including phenoxy) is 1. The zero-order chi connectivity index (χ0) is 12.5. The number of benzene rings is 1. The highest BCUT2D eigenvalue weighted by molar-refractivity contribution is 6.31. The number of nitrogens with zero attached hydrogens (tertiary/aromatic N) is 3. The minimum absolute atomic E-state index is 0.735. The maximum atomic E-state index is 6.00. The molecule has 3 rings (SSSR count). The monoisotopic (exact) mass is 265 g/mol. The first-order valence-corrected chi connectivity index (χ1v) is 6.53. The first-order chi connectivity index (χ1) is 8.74. The average molecular weight is 266 g/mol. The Labute approximate surface area is 111 Å². The molecule has 2 aromatic rings. The van der Waals surface area contributed by atoms with Crippen LogP contribution in [0.1, 0.15) is 5.82 Å². The van der Waals surface area contributed by atoms with Gasteiger partial charge in [-0.15, -0.1) is 0 Å². The van der Waals surface area contributed by atoms with Gasteiger partial charge in [0, 0.05) is 25.2 Å². The van der Waals surface area contributed by atoms with Gasteiger partial charge in [0.25, 0.3) is 0 Å². The van der Waals surface area contributed by atoms with Gasteiger partial charge in [0.05, 0.1) is 30.8 Å². The van der Waals surface area contributed by atoms with Gasteiger partial charge < -0.3 is 9.30 Å². The number of fused-ring (bicyclic) bond motifs is 1. The van der Waals surface area contributed by atoms with Gasteiger partial charge >= 0.3 is 0 Å². The quantitative estimate of drug-likeness (QED) is 0.833. The summed E-state index contributed by atoms with van der Waals surface area (Å²) in [5.74, 6) is 1.08. The molecule has 0 unspecified atom stereocenters. The molecule has 1 aliphatic heterocycles. The lowest BCUT2D eigenvalue weighted by Gasteiger charge is -2.26. The molecule has 4 nitrogen and oxygen atoms in total. The minimum Gasteiger partial charge on any atom is -0.379 e. The van der Waals surface area contributed by atoms with Crippen molar-refractivity contribution in [1.82, 2.24) is 14.5 Å². The summed E-state index contributed by atoms with van der Waals surface area (Å²) in [7, 11) is 2.05. The van der Waals surface area contributed by atoms with Gasteiger partial charge in [-0.3, -0.25) is 4.90 Å². The largest absolute Gasteiger partial charge is 0.379 e. The van der Waals surface area contributed by atoms with E-state index in [4.69, 9.17) is 16.3 Å². The molecule has 0 spiro atoms. The number of hydrogen-bond acceptors (Lipinski definition) is 3. The van der Waals surface area contributed by atoms with Crippen LogP contribution in [0.25, 0.3) is 11.0 Å². The fraction of sp³-hybridized carbons (Fsp3) is 0.462. The molecule has 2 heterocycles. The molecule has 1 saturated heterocycles. The first-order valence-electron chi connectivity index (χ1n) is 6.15. The van der Waals surface area contributed by atoms with Gasteiger partial charge in [-0.2, -0.15) is 0 Å². The molecular formula is C13H16ClN3O. The third-order valence-corrected chi connectivity index (χ3v) is 3.64. The first kappa shape index (κ1) is 12.0. The van der Waals surface area contributed by atoms with Crippen LogP contribution in [-0.2, 0) is 18.3 Å². The fourth-order valence-corrected chi connectivity index (χ4v) is 2.49. The van der Waals surface area contributed by atoms with Crippen LogP contribution >= 0.6 is 11.6 Å². The van der Waals surface area contributed by atoms with Crippen molar-refractivity contribution < 1.29 is 4.74 Å². The fourth-order valence-electron chi connectivity index (χ4n) is 2.32. The Bertz CT molecular complexity index is 561. The van der Waals surface area contributed by atoms with Crippen molar-refractivity contribution in [2.24, 2.45) is 7.05 Å². The van der Waals surface area contributed by atoms with Crippen LogP contribution in [0, 0.1) is 0 Å². The second-order valence-electron chi connectivity index (χ2n) is 4.61. The highest BCUT2D eigenvalue weighted by Gasteiger charge is 2.15. The summed E-state index contributed by atoms with van der Waals surface area (Å²) in [5, 5.41) is 0.735. The Kier molecular flexibility index (Phi) is 3.24. The second kappa shape index (κ2) is 4.88. The number of hydrogen-bond donors (Lipinski definition) is 0. The van der Waals surface area contributed by atoms with Crippen molar-refractivity contribution in [2.75, 3.05) is 26.3 Å². The topological polar surface area (TPSA) is 30.3 Å². The number of morpholine rings is 1. The second-order valence-corrected chi connectivity index (χ2v) is 5.05. The highest BCUT2D eigenvalue weighted by Crippen LogP contribution is 2.20. The van der Waals surface area contributed by atoms with Gasteiger partial charge in [0.1, 0.15) is 5.82 Å². The van der Waals surface area contributed by atoms with Crippen molar-refractivity contribution in [3.63, 3.8) is 0 Å². The third-order valence-electron chi connectivity index (χ3n) is 3.40. The Hall–Kier alpha value is -1.10. The smallest absolute Gasteiger partial charge is 0.123 e. The molecule has 0 aliphatic carbocycles. The van der Waals surface area contributed by atoms with Gasteiger partial charge in [0.2, 0.25) is 0 Å². The lowest BCUT2D eigenvalue weighted by molar-refractivity contribution is 0.0328. The van der Waals surface area contributed by atoms with Gasteiger partial charge in [0.15, 0.2) is 0 Å². The van der Waals surface area contributed by atoms with E-state index < -0.39 is 0 Å². The number of imidazole rings is 1. The van der Waals surface area contributed by atoms with Crippen LogP contribution in [0.3, 0.4) is 0 Å². The molecule has 1 aromatic heterocycles. The molecule has 0 saturated carbocycles. The van der Waals surface area contributed by atoms with Gasteiger partial charge in [-0.05, 0) is 18.2 Å². The number of halogens is 1. The standard InChI is InChI=1S/C13H16ClN3O/c1-16-12-3-2-10(14)8-11(12)15-13(16)9-17-4-6-18-7-5-17/h2-3,8H,4-7,9H2,1H3. The van der Waals surface area contributed by atoms with E-state index in [0.717, 1.165) is 54.7 Å². The summed E-state index contributed by atoms with van der Waals surface area (Å²) in [4.78, 5) is 7.03. The van der Waals surface area contributed by atoms with E-state index in [1.165, 1.54) is 0 Å². The van der Waals surface area contributed by atoms with Crippen LogP contribution in [0.4, 0.5) is 0 Å². The maximum Gasteiger partial charge on any atom is 0.123 e. The molecule has 1 fully saturated rings. The molecular weight excluding hydrogens is 250 g/mol. The van der Waals surface area contributed by atoms with Crippen molar-refractivity contribution in [1.29, 1.82) is 0 Å². The molecule has 0 amide bonds. The zero-order valence-corrected chi connectivity index (χ0v) is 11.2. The van der Waals surface area contributed by atoms with Crippen molar-refractivity contribution in [3.8, 4) is 0 Å². The molecule has 1 aromatic carbocycles. The van der Waals surface area contributed by atoms with Crippen LogP contribution in [0.5, 0.6) is 0 Å². The Morgan fingerprint density at radius 3 is 2.89 bits per heavy atom. The van der Waals surface area contributed by atoms with E-state index >= 15 is 0 Å². The van der Waals surface area contributed by atoms with Crippen LogP contribution < -0.4 is 0 Å². The lowest BCUT2D eigenvalue weighted by atomic mass is 10.3. The molecule has 1 aliphatic rings. The molecule has 0 bridgehead atoms. The average Bonchev–Trinajstić information content (AvgIpc) is 2.67. The van der Waals surface area contributed by atoms with E-state index in [1.807, 2.05) is 18.2 Å². The molecule has 5 heteroatoms. The summed E-state index contributed by atoms with van der Waals surface area (Å²) >= 11 is 6.00. The summed E-state index contributed by atoms with van der Waals surface area (Å²) < 4.78 is 7.50. The number of rotatable bonds is 2. The SMILES string of the molecule is Cn1c(CN2CCOCC2)nc2cc(Cl)ccc21. The zero-order valence-electron chi connectivity index (χ0n) is 10.4. The van der Waals surface area contributed by atoms with E-state index in [-0.39, 0.29) is 0 Å².